The molecule has 3 heteroatoms. The molecular formula is C23H24N2O. The number of aryl methyl sites for hydroxylation is 2. The third-order valence-electron chi connectivity index (χ3n) is 5.17. The summed E-state index contributed by atoms with van der Waals surface area (Å²) in [6.07, 6.45) is 2.35. The van der Waals surface area contributed by atoms with Crippen LogP contribution in [-0.4, -0.2) is 17.4 Å². The van der Waals surface area contributed by atoms with Gasteiger partial charge in [-0.1, -0.05) is 35.9 Å². The van der Waals surface area contributed by atoms with Crippen LogP contribution >= 0.6 is 0 Å². The average molecular weight is 344 g/mol. The molecule has 1 aliphatic rings. The minimum Gasteiger partial charge on any atom is -0.308 e. The number of para-hydroxylation sites is 1. The Morgan fingerprint density at radius 1 is 1.12 bits per heavy atom. The van der Waals surface area contributed by atoms with Gasteiger partial charge >= 0.3 is 0 Å². The highest BCUT2D eigenvalue weighted by molar-refractivity contribution is 6.13. The number of rotatable bonds is 4. The molecule has 0 spiro atoms. The van der Waals surface area contributed by atoms with Gasteiger partial charge in [0.1, 0.15) is 0 Å². The van der Waals surface area contributed by atoms with Crippen LogP contribution in [0.3, 0.4) is 0 Å². The summed E-state index contributed by atoms with van der Waals surface area (Å²) in [4.78, 5) is 20.2. The number of hydrogen-bond donors (Lipinski definition) is 0. The van der Waals surface area contributed by atoms with E-state index in [4.69, 9.17) is 4.98 Å². The number of aromatic nitrogens is 1. The summed E-state index contributed by atoms with van der Waals surface area (Å²) < 4.78 is 0. The lowest BCUT2D eigenvalue weighted by Gasteiger charge is -2.24. The van der Waals surface area contributed by atoms with E-state index in [9.17, 15) is 4.79 Å². The Balaban J connectivity index is 1.83. The van der Waals surface area contributed by atoms with E-state index in [2.05, 4.69) is 32.0 Å². The van der Waals surface area contributed by atoms with Gasteiger partial charge in [-0.25, -0.2) is 0 Å². The lowest BCUT2D eigenvalue weighted by molar-refractivity contribution is 0.0989. The Morgan fingerprint density at radius 2 is 1.88 bits per heavy atom. The first-order chi connectivity index (χ1) is 12.6. The highest BCUT2D eigenvalue weighted by atomic mass is 16.2. The predicted molar refractivity (Wildman–Crippen MR) is 107 cm³/mol. The van der Waals surface area contributed by atoms with E-state index >= 15 is 0 Å². The van der Waals surface area contributed by atoms with Crippen molar-refractivity contribution in [2.75, 3.05) is 11.4 Å². The van der Waals surface area contributed by atoms with Crippen molar-refractivity contribution in [1.82, 2.24) is 4.98 Å². The molecule has 1 saturated carbocycles. The zero-order valence-corrected chi connectivity index (χ0v) is 15.6. The van der Waals surface area contributed by atoms with Crippen LogP contribution in [0.4, 0.5) is 5.69 Å². The van der Waals surface area contributed by atoms with Gasteiger partial charge in [0.2, 0.25) is 0 Å². The van der Waals surface area contributed by atoms with Crippen molar-refractivity contribution >= 4 is 22.5 Å². The fraction of sp³-hybridized carbons (Fsp3) is 0.304. The summed E-state index contributed by atoms with van der Waals surface area (Å²) in [6.45, 7) is 6.81. The number of hydrogen-bond acceptors (Lipinski definition) is 2. The Hall–Kier alpha value is -2.68. The molecule has 0 bridgehead atoms. The van der Waals surface area contributed by atoms with Crippen LogP contribution < -0.4 is 4.90 Å². The van der Waals surface area contributed by atoms with Crippen molar-refractivity contribution in [2.24, 2.45) is 0 Å². The summed E-state index contributed by atoms with van der Waals surface area (Å²) in [6, 6.07) is 16.2. The minimum atomic E-state index is 0.0555. The number of carbonyl (C=O) groups is 1. The van der Waals surface area contributed by atoms with E-state index in [0.29, 0.717) is 12.5 Å². The SMILES string of the molecule is CCN(C(=O)c1cc(C2CC2)nc2ccccc12)c1ccc(C)cc1C. The topological polar surface area (TPSA) is 33.2 Å². The van der Waals surface area contributed by atoms with Crippen molar-refractivity contribution in [3.8, 4) is 0 Å². The molecule has 4 rings (SSSR count). The number of carbonyl (C=O) groups excluding carboxylic acids is 1. The quantitative estimate of drug-likeness (QED) is 0.635. The van der Waals surface area contributed by atoms with Crippen molar-refractivity contribution in [3.05, 3.63) is 70.9 Å². The zero-order chi connectivity index (χ0) is 18.3. The molecule has 0 atom stereocenters. The Labute approximate surface area is 154 Å². The maximum Gasteiger partial charge on any atom is 0.259 e. The van der Waals surface area contributed by atoms with Gasteiger partial charge in [-0.15, -0.1) is 0 Å². The van der Waals surface area contributed by atoms with Crippen LogP contribution in [0.1, 0.15) is 52.9 Å². The molecule has 0 N–H and O–H groups in total. The van der Waals surface area contributed by atoms with Gasteiger partial charge in [-0.2, -0.15) is 0 Å². The van der Waals surface area contributed by atoms with E-state index in [1.807, 2.05) is 42.2 Å². The number of nitrogens with zero attached hydrogens (tertiary/aromatic N) is 2. The van der Waals surface area contributed by atoms with E-state index in [-0.39, 0.29) is 5.91 Å². The van der Waals surface area contributed by atoms with E-state index in [1.165, 1.54) is 18.4 Å². The third-order valence-corrected chi connectivity index (χ3v) is 5.17. The third kappa shape index (κ3) is 2.98. The molecule has 0 aliphatic heterocycles. The number of amides is 1. The summed E-state index contributed by atoms with van der Waals surface area (Å²) in [5.74, 6) is 0.572. The van der Waals surface area contributed by atoms with E-state index in [0.717, 1.165) is 33.4 Å². The molecule has 3 nitrogen and oxygen atoms in total. The lowest BCUT2D eigenvalue weighted by Crippen LogP contribution is -2.31. The van der Waals surface area contributed by atoms with Gasteiger partial charge in [0.15, 0.2) is 0 Å². The summed E-state index contributed by atoms with van der Waals surface area (Å²) in [7, 11) is 0. The van der Waals surface area contributed by atoms with Gasteiger partial charge in [0, 0.05) is 29.2 Å². The monoisotopic (exact) mass is 344 g/mol. The number of pyridine rings is 1. The first-order valence-electron chi connectivity index (χ1n) is 9.37. The second-order valence-corrected chi connectivity index (χ2v) is 7.23. The van der Waals surface area contributed by atoms with Crippen LogP contribution in [0.5, 0.6) is 0 Å². The standard InChI is InChI=1S/C23H24N2O/c1-4-25(22-12-9-15(2)13-16(22)3)23(26)19-14-21(17-10-11-17)24-20-8-6-5-7-18(19)20/h5-9,12-14,17H,4,10-11H2,1-3H3. The molecule has 0 radical (unpaired) electrons. The van der Waals surface area contributed by atoms with Crippen molar-refractivity contribution < 1.29 is 4.79 Å². The normalized spacial score (nSPS) is 13.8. The molecule has 26 heavy (non-hydrogen) atoms. The molecular weight excluding hydrogens is 320 g/mol. The van der Waals surface area contributed by atoms with Crippen LogP contribution in [-0.2, 0) is 0 Å². The fourth-order valence-electron chi connectivity index (χ4n) is 3.64. The number of benzene rings is 2. The second-order valence-electron chi connectivity index (χ2n) is 7.23. The molecule has 2 aromatic carbocycles. The average Bonchev–Trinajstić information content (AvgIpc) is 3.48. The molecule has 0 saturated heterocycles. The van der Waals surface area contributed by atoms with Gasteiger partial charge < -0.3 is 4.90 Å². The smallest absolute Gasteiger partial charge is 0.259 e. The van der Waals surface area contributed by atoms with Gasteiger partial charge in [0.25, 0.3) is 5.91 Å². The maximum atomic E-state index is 13.5. The second kappa shape index (κ2) is 6.56. The van der Waals surface area contributed by atoms with Gasteiger partial charge in [0.05, 0.1) is 11.1 Å². The summed E-state index contributed by atoms with van der Waals surface area (Å²) in [5.41, 5.74) is 6.05. The van der Waals surface area contributed by atoms with Gasteiger partial charge in [-0.05, 0) is 57.4 Å². The van der Waals surface area contributed by atoms with E-state index in [1.54, 1.807) is 0 Å². The highest BCUT2D eigenvalue weighted by Gasteiger charge is 2.28. The zero-order valence-electron chi connectivity index (χ0n) is 15.6. The Kier molecular flexibility index (Phi) is 4.23. The van der Waals surface area contributed by atoms with Crippen molar-refractivity contribution in [2.45, 2.75) is 39.5 Å². The fourth-order valence-corrected chi connectivity index (χ4v) is 3.64. The Morgan fingerprint density at radius 3 is 2.58 bits per heavy atom. The summed E-state index contributed by atoms with van der Waals surface area (Å²) >= 11 is 0. The molecule has 1 aromatic heterocycles. The largest absolute Gasteiger partial charge is 0.308 e. The van der Waals surface area contributed by atoms with Crippen LogP contribution in [0.15, 0.2) is 48.5 Å². The number of anilines is 1. The lowest BCUT2D eigenvalue weighted by atomic mass is 10.0. The molecule has 1 aliphatic carbocycles. The van der Waals surface area contributed by atoms with Crippen LogP contribution in [0.2, 0.25) is 0 Å². The molecule has 1 heterocycles. The van der Waals surface area contributed by atoms with Crippen molar-refractivity contribution in [1.29, 1.82) is 0 Å². The van der Waals surface area contributed by atoms with Crippen molar-refractivity contribution in [3.63, 3.8) is 0 Å². The molecule has 132 valence electrons. The maximum absolute atomic E-state index is 13.5. The predicted octanol–water partition coefficient (Wildman–Crippen LogP) is 5.40. The minimum absolute atomic E-state index is 0.0555. The first-order valence-corrected chi connectivity index (χ1v) is 9.37. The van der Waals surface area contributed by atoms with E-state index < -0.39 is 0 Å². The molecule has 1 amide bonds. The molecule has 0 unspecified atom stereocenters. The Bertz CT molecular complexity index is 989. The molecule has 3 aromatic rings. The molecule has 1 fully saturated rings. The van der Waals surface area contributed by atoms with Crippen LogP contribution in [0, 0.1) is 13.8 Å². The van der Waals surface area contributed by atoms with Crippen LogP contribution in [0.25, 0.3) is 10.9 Å². The van der Waals surface area contributed by atoms with Gasteiger partial charge in [-0.3, -0.25) is 9.78 Å². The highest BCUT2D eigenvalue weighted by Crippen LogP contribution is 2.40. The summed E-state index contributed by atoms with van der Waals surface area (Å²) in [5, 5.41) is 0.935. The number of fused-ring (bicyclic) bond motifs is 1. The first kappa shape index (κ1) is 16.8.